The molecule has 1 amide bonds. The van der Waals surface area contributed by atoms with Crippen LogP contribution >= 0.6 is 0 Å². The lowest BCUT2D eigenvalue weighted by Gasteiger charge is -2.18. The molecule has 0 spiro atoms. The predicted molar refractivity (Wildman–Crippen MR) is 118 cm³/mol. The van der Waals surface area contributed by atoms with Crippen LogP contribution in [0.1, 0.15) is 25.7 Å². The Hall–Kier alpha value is -3.24. The first-order valence-electron chi connectivity index (χ1n) is 10.3. The molecule has 32 heavy (non-hydrogen) atoms. The van der Waals surface area contributed by atoms with Crippen molar-refractivity contribution in [3.8, 4) is 17.1 Å². The van der Waals surface area contributed by atoms with Gasteiger partial charge in [0.15, 0.2) is 0 Å². The van der Waals surface area contributed by atoms with E-state index >= 15 is 0 Å². The SMILES string of the molecule is CCOc1ccc(-c2noc(CN(C)S(=O)(=O)c3ccc(N4CCCC4=O)cc3)n2)cc1. The summed E-state index contributed by atoms with van der Waals surface area (Å²) >= 11 is 0. The van der Waals surface area contributed by atoms with Crippen molar-refractivity contribution < 1.29 is 22.5 Å². The Balaban J connectivity index is 1.45. The molecule has 9 nitrogen and oxygen atoms in total. The van der Waals surface area contributed by atoms with Crippen molar-refractivity contribution in [3.05, 3.63) is 54.4 Å². The molecule has 168 valence electrons. The molecule has 0 unspecified atom stereocenters. The van der Waals surface area contributed by atoms with Crippen LogP contribution in [-0.2, 0) is 21.4 Å². The van der Waals surface area contributed by atoms with Gasteiger partial charge in [-0.3, -0.25) is 4.79 Å². The summed E-state index contributed by atoms with van der Waals surface area (Å²) in [5, 5.41) is 3.95. The zero-order valence-corrected chi connectivity index (χ0v) is 18.7. The van der Waals surface area contributed by atoms with E-state index in [1.165, 1.54) is 19.2 Å². The second-order valence-corrected chi connectivity index (χ2v) is 9.42. The van der Waals surface area contributed by atoms with E-state index in [9.17, 15) is 13.2 Å². The molecule has 0 aliphatic carbocycles. The molecule has 1 aromatic heterocycles. The maximum atomic E-state index is 13.0. The van der Waals surface area contributed by atoms with Gasteiger partial charge in [0.1, 0.15) is 5.75 Å². The van der Waals surface area contributed by atoms with Crippen molar-refractivity contribution in [3.63, 3.8) is 0 Å². The van der Waals surface area contributed by atoms with Crippen molar-refractivity contribution in [2.45, 2.75) is 31.2 Å². The minimum Gasteiger partial charge on any atom is -0.494 e. The van der Waals surface area contributed by atoms with Crippen LogP contribution in [0.15, 0.2) is 57.9 Å². The summed E-state index contributed by atoms with van der Waals surface area (Å²) in [6.45, 7) is 3.07. The van der Waals surface area contributed by atoms with Crippen molar-refractivity contribution in [1.82, 2.24) is 14.4 Å². The van der Waals surface area contributed by atoms with Gasteiger partial charge < -0.3 is 14.2 Å². The average Bonchev–Trinajstić information content (AvgIpc) is 3.43. The zero-order chi connectivity index (χ0) is 22.7. The Morgan fingerprint density at radius 3 is 2.47 bits per heavy atom. The number of rotatable bonds is 8. The number of benzene rings is 2. The highest BCUT2D eigenvalue weighted by Crippen LogP contribution is 2.25. The molecule has 4 rings (SSSR count). The number of hydrogen-bond donors (Lipinski definition) is 0. The molecule has 3 aromatic rings. The first-order chi connectivity index (χ1) is 15.4. The third-order valence-corrected chi connectivity index (χ3v) is 7.00. The van der Waals surface area contributed by atoms with Crippen LogP contribution in [-0.4, -0.2) is 49.0 Å². The van der Waals surface area contributed by atoms with Crippen molar-refractivity contribution in [1.29, 1.82) is 0 Å². The van der Waals surface area contributed by atoms with Crippen molar-refractivity contribution in [2.75, 3.05) is 25.1 Å². The fraction of sp³-hybridized carbons (Fsp3) is 0.318. The fourth-order valence-electron chi connectivity index (χ4n) is 3.48. The van der Waals surface area contributed by atoms with E-state index in [2.05, 4.69) is 10.1 Å². The van der Waals surface area contributed by atoms with E-state index in [-0.39, 0.29) is 23.2 Å². The van der Waals surface area contributed by atoms with Crippen LogP contribution in [0.25, 0.3) is 11.4 Å². The lowest BCUT2D eigenvalue weighted by atomic mass is 10.2. The highest BCUT2D eigenvalue weighted by atomic mass is 32.2. The number of aromatic nitrogens is 2. The normalized spacial score (nSPS) is 14.3. The maximum Gasteiger partial charge on any atom is 0.243 e. The predicted octanol–water partition coefficient (Wildman–Crippen LogP) is 3.08. The quantitative estimate of drug-likeness (QED) is 0.513. The largest absolute Gasteiger partial charge is 0.494 e. The van der Waals surface area contributed by atoms with Gasteiger partial charge in [0.2, 0.25) is 27.6 Å². The molecule has 2 heterocycles. The smallest absolute Gasteiger partial charge is 0.243 e. The maximum absolute atomic E-state index is 13.0. The summed E-state index contributed by atoms with van der Waals surface area (Å²) in [7, 11) is -2.32. The van der Waals surface area contributed by atoms with Crippen molar-refractivity contribution in [2.24, 2.45) is 0 Å². The third kappa shape index (κ3) is 4.51. The zero-order valence-electron chi connectivity index (χ0n) is 17.9. The number of hydrogen-bond acceptors (Lipinski definition) is 7. The van der Waals surface area contributed by atoms with E-state index in [0.29, 0.717) is 31.1 Å². The molecule has 0 saturated carbocycles. The van der Waals surface area contributed by atoms with Gasteiger partial charge in [-0.15, -0.1) is 0 Å². The molecule has 1 saturated heterocycles. The molecule has 0 N–H and O–H groups in total. The lowest BCUT2D eigenvalue weighted by Crippen LogP contribution is -2.27. The summed E-state index contributed by atoms with van der Waals surface area (Å²) in [5.74, 6) is 1.34. The van der Waals surface area contributed by atoms with Crippen LogP contribution < -0.4 is 9.64 Å². The molecular formula is C22H24N4O5S. The minimum atomic E-state index is -3.77. The van der Waals surface area contributed by atoms with Crippen LogP contribution in [0.3, 0.4) is 0 Å². The minimum absolute atomic E-state index is 0.0532. The van der Waals surface area contributed by atoms with Gasteiger partial charge in [0.05, 0.1) is 18.0 Å². The Morgan fingerprint density at radius 1 is 1.12 bits per heavy atom. The van der Waals surface area contributed by atoms with Crippen LogP contribution in [0.4, 0.5) is 5.69 Å². The molecule has 10 heteroatoms. The third-order valence-electron chi connectivity index (χ3n) is 5.18. The number of ether oxygens (including phenoxy) is 1. The molecule has 1 fully saturated rings. The second-order valence-electron chi connectivity index (χ2n) is 7.37. The van der Waals surface area contributed by atoms with Crippen molar-refractivity contribution >= 4 is 21.6 Å². The van der Waals surface area contributed by atoms with Gasteiger partial charge in [0, 0.05) is 31.3 Å². The number of anilines is 1. The van der Waals surface area contributed by atoms with E-state index in [1.807, 2.05) is 31.2 Å². The van der Waals surface area contributed by atoms with Gasteiger partial charge in [-0.2, -0.15) is 9.29 Å². The number of carbonyl (C=O) groups excluding carboxylic acids is 1. The number of amides is 1. The molecule has 1 aliphatic heterocycles. The average molecular weight is 457 g/mol. The van der Waals surface area contributed by atoms with E-state index in [1.54, 1.807) is 17.0 Å². The number of nitrogens with zero attached hydrogens (tertiary/aromatic N) is 4. The topological polar surface area (TPSA) is 106 Å². The van der Waals surface area contributed by atoms with Gasteiger partial charge in [0.25, 0.3) is 0 Å². The van der Waals surface area contributed by atoms with Gasteiger partial charge >= 0.3 is 0 Å². The summed E-state index contributed by atoms with van der Waals surface area (Å²) in [5.41, 5.74) is 1.44. The summed E-state index contributed by atoms with van der Waals surface area (Å²) < 4.78 is 37.7. The summed E-state index contributed by atoms with van der Waals surface area (Å²) in [6.07, 6.45) is 1.33. The molecule has 0 atom stereocenters. The van der Waals surface area contributed by atoms with Crippen LogP contribution in [0, 0.1) is 0 Å². The first-order valence-corrected chi connectivity index (χ1v) is 11.7. The van der Waals surface area contributed by atoms with E-state index < -0.39 is 10.0 Å². The summed E-state index contributed by atoms with van der Waals surface area (Å²) in [6, 6.07) is 13.6. The highest BCUT2D eigenvalue weighted by molar-refractivity contribution is 7.89. The second kappa shape index (κ2) is 9.09. The Bertz CT molecular complexity index is 1190. The van der Waals surface area contributed by atoms with Gasteiger partial charge in [-0.05, 0) is 61.9 Å². The van der Waals surface area contributed by atoms with Crippen LogP contribution in [0.2, 0.25) is 0 Å². The Labute approximate surface area is 186 Å². The number of carbonyl (C=O) groups is 1. The lowest BCUT2D eigenvalue weighted by molar-refractivity contribution is -0.117. The number of sulfonamides is 1. The van der Waals surface area contributed by atoms with Gasteiger partial charge in [-0.25, -0.2) is 8.42 Å². The first kappa shape index (κ1) is 22.0. The molecule has 2 aromatic carbocycles. The molecular weight excluding hydrogens is 432 g/mol. The molecule has 0 radical (unpaired) electrons. The highest BCUT2D eigenvalue weighted by Gasteiger charge is 2.25. The summed E-state index contributed by atoms with van der Waals surface area (Å²) in [4.78, 5) is 18.0. The van der Waals surface area contributed by atoms with E-state index in [4.69, 9.17) is 9.26 Å². The fourth-order valence-corrected chi connectivity index (χ4v) is 4.60. The van der Waals surface area contributed by atoms with E-state index in [0.717, 1.165) is 22.0 Å². The Morgan fingerprint density at radius 2 is 1.84 bits per heavy atom. The Kier molecular flexibility index (Phi) is 6.24. The standard InChI is InChI=1S/C22H24N4O5S/c1-3-30-18-10-6-16(7-11-18)22-23-20(31-24-22)15-25(2)32(28,29)19-12-8-17(9-13-19)26-14-4-5-21(26)27/h6-13H,3-5,14-15H2,1-2H3. The van der Waals surface area contributed by atoms with Gasteiger partial charge in [-0.1, -0.05) is 5.16 Å². The monoisotopic (exact) mass is 456 g/mol. The van der Waals surface area contributed by atoms with Crippen LogP contribution in [0.5, 0.6) is 5.75 Å². The molecule has 0 bridgehead atoms. The molecule has 1 aliphatic rings.